The third-order valence-electron chi connectivity index (χ3n) is 2.42. The molecule has 3 heteroatoms. The lowest BCUT2D eigenvalue weighted by Gasteiger charge is -2.23. The van der Waals surface area contributed by atoms with Gasteiger partial charge >= 0.3 is 0 Å². The second-order valence-electron chi connectivity index (χ2n) is 3.54. The minimum Gasteiger partial charge on any atom is -0.382 e. The van der Waals surface area contributed by atoms with Gasteiger partial charge in [-0.1, -0.05) is 6.07 Å². The van der Waals surface area contributed by atoms with Gasteiger partial charge in [-0.2, -0.15) is 11.8 Å². The third kappa shape index (κ3) is 2.64. The van der Waals surface area contributed by atoms with Crippen LogP contribution in [0.3, 0.4) is 0 Å². The second-order valence-corrected chi connectivity index (χ2v) is 4.77. The van der Waals surface area contributed by atoms with E-state index < -0.39 is 0 Å². The van der Waals surface area contributed by atoms with Gasteiger partial charge in [0.05, 0.1) is 0 Å². The lowest BCUT2D eigenvalue weighted by molar-refractivity contribution is 0.625. The summed E-state index contributed by atoms with van der Waals surface area (Å²) in [6.07, 6.45) is 2.36. The zero-order chi connectivity index (χ0) is 9.80. The fourth-order valence-corrected chi connectivity index (χ4v) is 2.76. The summed E-state index contributed by atoms with van der Waals surface area (Å²) in [6.45, 7) is 0. The number of nitrogens with one attached hydrogen (secondary N) is 1. The van der Waals surface area contributed by atoms with Crippen LogP contribution in [0, 0.1) is 5.82 Å². The van der Waals surface area contributed by atoms with Crippen molar-refractivity contribution in [1.82, 2.24) is 0 Å². The van der Waals surface area contributed by atoms with E-state index in [4.69, 9.17) is 0 Å². The molecule has 1 aliphatic heterocycles. The molecule has 1 heterocycles. The first-order valence-electron chi connectivity index (χ1n) is 4.94. The molecule has 76 valence electrons. The highest BCUT2D eigenvalue weighted by Crippen LogP contribution is 2.21. The molecule has 14 heavy (non-hydrogen) atoms. The lowest BCUT2D eigenvalue weighted by atomic mass is 10.1. The summed E-state index contributed by atoms with van der Waals surface area (Å²) < 4.78 is 12.9. The molecule has 0 atom stereocenters. The van der Waals surface area contributed by atoms with E-state index in [0.29, 0.717) is 6.04 Å². The Labute approximate surface area is 88.1 Å². The molecule has 1 fully saturated rings. The van der Waals surface area contributed by atoms with Gasteiger partial charge in [0.2, 0.25) is 0 Å². The van der Waals surface area contributed by atoms with Crippen molar-refractivity contribution < 1.29 is 4.39 Å². The number of anilines is 1. The predicted octanol–water partition coefficient (Wildman–Crippen LogP) is 3.13. The van der Waals surface area contributed by atoms with E-state index in [1.807, 2.05) is 17.8 Å². The Hall–Kier alpha value is -0.700. The Morgan fingerprint density at radius 3 is 2.79 bits per heavy atom. The van der Waals surface area contributed by atoms with Crippen molar-refractivity contribution in [2.45, 2.75) is 18.9 Å². The first kappa shape index (κ1) is 9.84. The van der Waals surface area contributed by atoms with Crippen molar-refractivity contribution in [3.05, 3.63) is 30.1 Å². The topological polar surface area (TPSA) is 12.0 Å². The van der Waals surface area contributed by atoms with E-state index in [1.165, 1.54) is 30.4 Å². The van der Waals surface area contributed by atoms with Crippen LogP contribution in [-0.2, 0) is 0 Å². The molecule has 0 spiro atoms. The van der Waals surface area contributed by atoms with Gasteiger partial charge in [0.1, 0.15) is 5.82 Å². The van der Waals surface area contributed by atoms with Crippen molar-refractivity contribution in [2.75, 3.05) is 16.8 Å². The number of hydrogen-bond donors (Lipinski definition) is 1. The second kappa shape index (κ2) is 4.69. The molecule has 0 bridgehead atoms. The monoisotopic (exact) mass is 211 g/mol. The van der Waals surface area contributed by atoms with Gasteiger partial charge in [0.15, 0.2) is 0 Å². The van der Waals surface area contributed by atoms with E-state index in [1.54, 1.807) is 12.1 Å². The van der Waals surface area contributed by atoms with Crippen LogP contribution in [-0.4, -0.2) is 17.5 Å². The van der Waals surface area contributed by atoms with Crippen LogP contribution in [0.2, 0.25) is 0 Å². The number of thioether (sulfide) groups is 1. The van der Waals surface area contributed by atoms with Gasteiger partial charge < -0.3 is 5.32 Å². The normalized spacial score (nSPS) is 18.1. The first-order chi connectivity index (χ1) is 6.84. The van der Waals surface area contributed by atoms with Gasteiger partial charge in [-0.15, -0.1) is 0 Å². The fourth-order valence-electron chi connectivity index (χ4n) is 1.66. The summed E-state index contributed by atoms with van der Waals surface area (Å²) in [7, 11) is 0. The molecule has 0 aromatic heterocycles. The number of rotatable bonds is 2. The molecule has 1 N–H and O–H groups in total. The van der Waals surface area contributed by atoms with Crippen LogP contribution < -0.4 is 5.32 Å². The van der Waals surface area contributed by atoms with Gasteiger partial charge in [-0.05, 0) is 42.5 Å². The van der Waals surface area contributed by atoms with Crippen LogP contribution in [0.4, 0.5) is 10.1 Å². The Bertz CT molecular complexity index is 297. The molecule has 1 aromatic rings. The lowest BCUT2D eigenvalue weighted by Crippen LogP contribution is -2.24. The molecular weight excluding hydrogens is 197 g/mol. The molecule has 1 saturated heterocycles. The molecule has 2 rings (SSSR count). The minimum atomic E-state index is -0.166. The van der Waals surface area contributed by atoms with Crippen LogP contribution in [0.1, 0.15) is 12.8 Å². The molecular formula is C11H14FNS. The summed E-state index contributed by atoms with van der Waals surface area (Å²) in [6, 6.07) is 7.22. The Kier molecular flexibility index (Phi) is 3.30. The van der Waals surface area contributed by atoms with Crippen LogP contribution in [0.25, 0.3) is 0 Å². The highest BCUT2D eigenvalue weighted by Gasteiger charge is 2.12. The van der Waals surface area contributed by atoms with Crippen LogP contribution >= 0.6 is 11.8 Å². The Balaban J connectivity index is 1.95. The summed E-state index contributed by atoms with van der Waals surface area (Å²) in [5, 5.41) is 3.37. The smallest absolute Gasteiger partial charge is 0.125 e. The summed E-state index contributed by atoms with van der Waals surface area (Å²) in [4.78, 5) is 0. The third-order valence-corrected chi connectivity index (χ3v) is 3.47. The molecule has 0 saturated carbocycles. The number of hydrogen-bond acceptors (Lipinski definition) is 2. The maximum Gasteiger partial charge on any atom is 0.125 e. The summed E-state index contributed by atoms with van der Waals surface area (Å²) in [5.41, 5.74) is 0.905. The van der Waals surface area contributed by atoms with Crippen LogP contribution in [0.5, 0.6) is 0 Å². The summed E-state index contributed by atoms with van der Waals surface area (Å²) >= 11 is 2.00. The van der Waals surface area contributed by atoms with E-state index in [-0.39, 0.29) is 5.82 Å². The Morgan fingerprint density at radius 1 is 1.29 bits per heavy atom. The fraction of sp³-hybridized carbons (Fsp3) is 0.455. The standard InChI is InChI=1S/C11H14FNS/c12-9-2-1-3-11(8-9)13-10-4-6-14-7-5-10/h1-3,8,10,13H,4-7H2. The number of halogens is 1. The highest BCUT2D eigenvalue weighted by molar-refractivity contribution is 7.99. The molecule has 0 unspecified atom stereocenters. The molecule has 1 aromatic carbocycles. The SMILES string of the molecule is Fc1cccc(NC2CCSCC2)c1. The van der Waals surface area contributed by atoms with Crippen LogP contribution in [0.15, 0.2) is 24.3 Å². The quantitative estimate of drug-likeness (QED) is 0.806. The van der Waals surface area contributed by atoms with Gasteiger partial charge in [-0.3, -0.25) is 0 Å². The average molecular weight is 211 g/mol. The maximum absolute atomic E-state index is 12.9. The minimum absolute atomic E-state index is 0.166. The van der Waals surface area contributed by atoms with Gasteiger partial charge in [0, 0.05) is 11.7 Å². The van der Waals surface area contributed by atoms with E-state index in [0.717, 1.165) is 5.69 Å². The summed E-state index contributed by atoms with van der Waals surface area (Å²) in [5.74, 6) is 2.26. The molecule has 1 nitrogen and oxygen atoms in total. The van der Waals surface area contributed by atoms with Crippen molar-refractivity contribution >= 4 is 17.4 Å². The molecule has 0 amide bonds. The molecule has 0 aliphatic carbocycles. The van der Waals surface area contributed by atoms with Crippen molar-refractivity contribution in [1.29, 1.82) is 0 Å². The molecule has 0 radical (unpaired) electrons. The average Bonchev–Trinajstić information content (AvgIpc) is 2.19. The van der Waals surface area contributed by atoms with E-state index >= 15 is 0 Å². The van der Waals surface area contributed by atoms with Crippen molar-refractivity contribution in [2.24, 2.45) is 0 Å². The van der Waals surface area contributed by atoms with Gasteiger partial charge in [0.25, 0.3) is 0 Å². The molecule has 1 aliphatic rings. The maximum atomic E-state index is 12.9. The zero-order valence-electron chi connectivity index (χ0n) is 8.00. The zero-order valence-corrected chi connectivity index (χ0v) is 8.82. The van der Waals surface area contributed by atoms with Gasteiger partial charge in [-0.25, -0.2) is 4.39 Å². The highest BCUT2D eigenvalue weighted by atomic mass is 32.2. The van der Waals surface area contributed by atoms with E-state index in [9.17, 15) is 4.39 Å². The van der Waals surface area contributed by atoms with E-state index in [2.05, 4.69) is 5.32 Å². The number of benzene rings is 1. The Morgan fingerprint density at radius 2 is 2.07 bits per heavy atom. The predicted molar refractivity (Wildman–Crippen MR) is 60.4 cm³/mol. The van der Waals surface area contributed by atoms with Crippen molar-refractivity contribution in [3.63, 3.8) is 0 Å². The van der Waals surface area contributed by atoms with Crippen molar-refractivity contribution in [3.8, 4) is 0 Å². The first-order valence-corrected chi connectivity index (χ1v) is 6.10. The largest absolute Gasteiger partial charge is 0.382 e.